The molecule has 120 valence electrons. The Hall–Kier alpha value is -2.08. The Morgan fingerprint density at radius 1 is 1.26 bits per heavy atom. The van der Waals surface area contributed by atoms with Crippen molar-refractivity contribution in [1.82, 2.24) is 9.88 Å². The molecule has 0 spiro atoms. The highest BCUT2D eigenvalue weighted by atomic mass is 32.1. The van der Waals surface area contributed by atoms with Crippen LogP contribution in [0.4, 0.5) is 0 Å². The van der Waals surface area contributed by atoms with E-state index in [-0.39, 0.29) is 18.1 Å². The first kappa shape index (κ1) is 14.5. The molecule has 2 aromatic rings. The predicted molar refractivity (Wildman–Crippen MR) is 87.2 cm³/mol. The number of hydrogen-bond donors (Lipinski definition) is 0. The van der Waals surface area contributed by atoms with Gasteiger partial charge in [-0.1, -0.05) is 6.92 Å². The summed E-state index contributed by atoms with van der Waals surface area (Å²) >= 11 is 1.70. The van der Waals surface area contributed by atoms with E-state index in [2.05, 4.69) is 11.9 Å². The third-order valence-electron chi connectivity index (χ3n) is 4.72. The lowest BCUT2D eigenvalue weighted by atomic mass is 9.81. The fourth-order valence-electron chi connectivity index (χ4n) is 3.15. The molecule has 23 heavy (non-hydrogen) atoms. The van der Waals surface area contributed by atoms with E-state index in [1.54, 1.807) is 23.5 Å². The number of thiazole rings is 1. The summed E-state index contributed by atoms with van der Waals surface area (Å²) in [5.74, 6) is 1.42. The molecule has 1 fully saturated rings. The van der Waals surface area contributed by atoms with Crippen molar-refractivity contribution in [2.75, 3.05) is 19.9 Å². The maximum Gasteiger partial charge on any atom is 0.253 e. The third kappa shape index (κ3) is 2.57. The molecule has 2 aliphatic rings. The average Bonchev–Trinajstić information content (AvgIpc) is 3.26. The topological polar surface area (TPSA) is 51.7 Å². The zero-order valence-corrected chi connectivity index (χ0v) is 13.8. The van der Waals surface area contributed by atoms with E-state index < -0.39 is 0 Å². The standard InChI is InChI=1S/C17H18N2O3S/c1-17(16-18-6-9-23-16)4-7-19(8-5-17)15(20)12-2-3-13-14(10-12)22-11-21-13/h2-3,6,9-10H,4-5,7-8,11H2,1H3. The number of ether oxygens (including phenoxy) is 2. The van der Waals surface area contributed by atoms with E-state index in [0.29, 0.717) is 17.1 Å². The van der Waals surface area contributed by atoms with Gasteiger partial charge in [-0.3, -0.25) is 4.79 Å². The fraction of sp³-hybridized carbons (Fsp3) is 0.412. The molecule has 0 atom stereocenters. The number of amides is 1. The van der Waals surface area contributed by atoms with Gasteiger partial charge in [0.05, 0.1) is 5.01 Å². The first-order valence-electron chi connectivity index (χ1n) is 7.75. The van der Waals surface area contributed by atoms with Crippen LogP contribution in [0, 0.1) is 0 Å². The summed E-state index contributed by atoms with van der Waals surface area (Å²) in [5, 5.41) is 3.19. The number of benzene rings is 1. The van der Waals surface area contributed by atoms with Crippen LogP contribution in [-0.2, 0) is 5.41 Å². The summed E-state index contributed by atoms with van der Waals surface area (Å²) in [6, 6.07) is 5.39. The number of carbonyl (C=O) groups is 1. The van der Waals surface area contributed by atoms with Crippen LogP contribution in [-0.4, -0.2) is 35.7 Å². The molecule has 0 aliphatic carbocycles. The summed E-state index contributed by atoms with van der Waals surface area (Å²) in [5.41, 5.74) is 0.743. The molecule has 1 amide bonds. The van der Waals surface area contributed by atoms with E-state index in [9.17, 15) is 4.79 Å². The average molecular weight is 330 g/mol. The van der Waals surface area contributed by atoms with Gasteiger partial charge in [-0.15, -0.1) is 11.3 Å². The second kappa shape index (κ2) is 5.53. The van der Waals surface area contributed by atoms with Gasteiger partial charge in [-0.25, -0.2) is 4.98 Å². The Morgan fingerprint density at radius 3 is 2.78 bits per heavy atom. The Bertz CT molecular complexity index is 721. The number of fused-ring (bicyclic) bond motifs is 1. The van der Waals surface area contributed by atoms with Crippen molar-refractivity contribution < 1.29 is 14.3 Å². The van der Waals surface area contributed by atoms with Gasteiger partial charge in [0.1, 0.15) is 0 Å². The molecule has 1 aromatic carbocycles. The Morgan fingerprint density at radius 2 is 2.04 bits per heavy atom. The smallest absolute Gasteiger partial charge is 0.253 e. The molecule has 0 N–H and O–H groups in total. The summed E-state index contributed by atoms with van der Waals surface area (Å²) in [6.07, 6.45) is 3.74. The van der Waals surface area contributed by atoms with Gasteiger partial charge in [0.25, 0.3) is 5.91 Å². The number of hydrogen-bond acceptors (Lipinski definition) is 5. The Balaban J connectivity index is 1.47. The second-order valence-corrected chi connectivity index (χ2v) is 7.15. The monoisotopic (exact) mass is 330 g/mol. The van der Waals surface area contributed by atoms with E-state index in [4.69, 9.17) is 9.47 Å². The summed E-state index contributed by atoms with van der Waals surface area (Å²) in [4.78, 5) is 19.1. The molecule has 0 unspecified atom stereocenters. The first-order chi connectivity index (χ1) is 11.2. The minimum Gasteiger partial charge on any atom is -0.454 e. The van der Waals surface area contributed by atoms with Crippen LogP contribution in [0.5, 0.6) is 11.5 Å². The Labute approximate surface area is 138 Å². The zero-order valence-electron chi connectivity index (χ0n) is 12.9. The van der Waals surface area contributed by atoms with Crippen molar-refractivity contribution in [3.8, 4) is 11.5 Å². The summed E-state index contributed by atoms with van der Waals surface area (Å²) in [7, 11) is 0. The highest BCUT2D eigenvalue weighted by Crippen LogP contribution is 2.37. The molecule has 1 aromatic heterocycles. The van der Waals surface area contributed by atoms with Crippen molar-refractivity contribution in [3.63, 3.8) is 0 Å². The predicted octanol–water partition coefficient (Wildman–Crippen LogP) is 3.07. The SMILES string of the molecule is CC1(c2nccs2)CCN(C(=O)c2ccc3c(c2)OCO3)CC1. The van der Waals surface area contributed by atoms with Crippen LogP contribution in [0.15, 0.2) is 29.8 Å². The van der Waals surface area contributed by atoms with Crippen LogP contribution in [0.25, 0.3) is 0 Å². The van der Waals surface area contributed by atoms with Gasteiger partial charge in [0.2, 0.25) is 6.79 Å². The molecule has 0 saturated carbocycles. The highest BCUT2D eigenvalue weighted by Gasteiger charge is 2.35. The van der Waals surface area contributed by atoms with Crippen molar-refractivity contribution in [3.05, 3.63) is 40.3 Å². The number of nitrogens with zero attached hydrogens (tertiary/aromatic N) is 2. The van der Waals surface area contributed by atoms with Gasteiger partial charge in [0.15, 0.2) is 11.5 Å². The van der Waals surface area contributed by atoms with E-state index in [1.165, 1.54) is 5.01 Å². The van der Waals surface area contributed by atoms with E-state index >= 15 is 0 Å². The molecule has 1 saturated heterocycles. The minimum atomic E-state index is 0.0597. The molecular formula is C17H18N2O3S. The van der Waals surface area contributed by atoms with Crippen molar-refractivity contribution >= 4 is 17.2 Å². The number of rotatable bonds is 2. The number of likely N-dealkylation sites (tertiary alicyclic amines) is 1. The van der Waals surface area contributed by atoms with Crippen LogP contribution in [0.2, 0.25) is 0 Å². The summed E-state index contributed by atoms with van der Waals surface area (Å²) in [6.45, 7) is 3.98. The maximum absolute atomic E-state index is 12.7. The normalized spacial score (nSPS) is 18.9. The summed E-state index contributed by atoms with van der Waals surface area (Å²) < 4.78 is 10.7. The molecule has 4 rings (SSSR count). The third-order valence-corrected chi connectivity index (χ3v) is 5.80. The zero-order chi connectivity index (χ0) is 15.9. The fourth-order valence-corrected chi connectivity index (χ4v) is 4.01. The minimum absolute atomic E-state index is 0.0597. The quantitative estimate of drug-likeness (QED) is 0.849. The maximum atomic E-state index is 12.7. The molecule has 5 nitrogen and oxygen atoms in total. The van der Waals surface area contributed by atoms with E-state index in [0.717, 1.165) is 25.9 Å². The van der Waals surface area contributed by atoms with Crippen LogP contribution < -0.4 is 9.47 Å². The van der Waals surface area contributed by atoms with Gasteiger partial charge in [0, 0.05) is 35.6 Å². The first-order valence-corrected chi connectivity index (χ1v) is 8.63. The van der Waals surface area contributed by atoms with Crippen molar-refractivity contribution in [2.24, 2.45) is 0 Å². The molecule has 0 bridgehead atoms. The number of carbonyl (C=O) groups excluding carboxylic acids is 1. The molecule has 0 radical (unpaired) electrons. The van der Waals surface area contributed by atoms with Gasteiger partial charge >= 0.3 is 0 Å². The molecule has 6 heteroatoms. The number of piperidine rings is 1. The lowest BCUT2D eigenvalue weighted by Gasteiger charge is -2.38. The van der Waals surface area contributed by atoms with Gasteiger partial charge in [-0.05, 0) is 31.0 Å². The molecular weight excluding hydrogens is 312 g/mol. The van der Waals surface area contributed by atoms with Crippen LogP contribution >= 0.6 is 11.3 Å². The molecule has 2 aliphatic heterocycles. The van der Waals surface area contributed by atoms with Gasteiger partial charge < -0.3 is 14.4 Å². The largest absolute Gasteiger partial charge is 0.454 e. The van der Waals surface area contributed by atoms with Crippen LogP contribution in [0.3, 0.4) is 0 Å². The van der Waals surface area contributed by atoms with E-state index in [1.807, 2.05) is 22.5 Å². The lowest BCUT2D eigenvalue weighted by molar-refractivity contribution is 0.0675. The lowest BCUT2D eigenvalue weighted by Crippen LogP contribution is -2.43. The van der Waals surface area contributed by atoms with Gasteiger partial charge in [-0.2, -0.15) is 0 Å². The number of aromatic nitrogens is 1. The Kier molecular flexibility index (Phi) is 3.49. The van der Waals surface area contributed by atoms with Crippen molar-refractivity contribution in [2.45, 2.75) is 25.2 Å². The van der Waals surface area contributed by atoms with Crippen molar-refractivity contribution in [1.29, 1.82) is 0 Å². The molecule has 3 heterocycles. The second-order valence-electron chi connectivity index (χ2n) is 6.26. The highest BCUT2D eigenvalue weighted by molar-refractivity contribution is 7.09. The van der Waals surface area contributed by atoms with Crippen LogP contribution in [0.1, 0.15) is 35.1 Å².